The number of oxazole rings is 1. The van der Waals surface area contributed by atoms with E-state index in [2.05, 4.69) is 10.3 Å². The van der Waals surface area contributed by atoms with Crippen molar-refractivity contribution in [2.45, 2.75) is 13.8 Å². The van der Waals surface area contributed by atoms with E-state index < -0.39 is 0 Å². The maximum absolute atomic E-state index is 11.1. The second kappa shape index (κ2) is 3.90. The summed E-state index contributed by atoms with van der Waals surface area (Å²) in [4.78, 5) is 14.9. The molecule has 0 unspecified atom stereocenters. The molecule has 1 rings (SSSR count). The zero-order chi connectivity index (χ0) is 8.97. The maximum atomic E-state index is 11.1. The van der Waals surface area contributed by atoms with Crippen LogP contribution in [-0.2, 0) is 0 Å². The number of nitrogens with zero attached hydrogens (tertiary/aromatic N) is 1. The van der Waals surface area contributed by atoms with Crippen LogP contribution < -0.4 is 5.32 Å². The molecule has 0 atom stereocenters. The first-order valence-corrected chi connectivity index (χ1v) is 3.88. The minimum Gasteiger partial charge on any atom is -0.441 e. The summed E-state index contributed by atoms with van der Waals surface area (Å²) in [7, 11) is 0. The molecular formula is C8H12N2O2. The molecule has 0 aromatic carbocycles. The molecule has 12 heavy (non-hydrogen) atoms. The SMILES string of the molecule is CC(C)CNC(=O)c1ncco1. The van der Waals surface area contributed by atoms with Gasteiger partial charge in [0, 0.05) is 6.54 Å². The van der Waals surface area contributed by atoms with Crippen LogP contribution in [0.5, 0.6) is 0 Å². The fraction of sp³-hybridized carbons (Fsp3) is 0.500. The lowest BCUT2D eigenvalue weighted by molar-refractivity contribution is 0.0914. The summed E-state index contributed by atoms with van der Waals surface area (Å²) >= 11 is 0. The van der Waals surface area contributed by atoms with Crippen LogP contribution in [0, 0.1) is 5.92 Å². The third kappa shape index (κ3) is 2.38. The van der Waals surface area contributed by atoms with Crippen molar-refractivity contribution < 1.29 is 9.21 Å². The number of amides is 1. The van der Waals surface area contributed by atoms with Gasteiger partial charge in [-0.2, -0.15) is 0 Å². The Morgan fingerprint density at radius 2 is 2.50 bits per heavy atom. The number of hydrogen-bond acceptors (Lipinski definition) is 3. The molecule has 0 radical (unpaired) electrons. The van der Waals surface area contributed by atoms with Crippen LogP contribution in [0.2, 0.25) is 0 Å². The predicted octanol–water partition coefficient (Wildman–Crippen LogP) is 1.06. The number of hydrogen-bond donors (Lipinski definition) is 1. The predicted molar refractivity (Wildman–Crippen MR) is 43.7 cm³/mol. The van der Waals surface area contributed by atoms with Crippen molar-refractivity contribution in [3.63, 3.8) is 0 Å². The van der Waals surface area contributed by atoms with Crippen molar-refractivity contribution >= 4 is 5.91 Å². The maximum Gasteiger partial charge on any atom is 0.307 e. The normalized spacial score (nSPS) is 10.2. The standard InChI is InChI=1S/C8H12N2O2/c1-6(2)5-10-7(11)8-9-3-4-12-8/h3-4,6H,5H2,1-2H3,(H,10,11). The van der Waals surface area contributed by atoms with Gasteiger partial charge in [0.25, 0.3) is 5.89 Å². The van der Waals surface area contributed by atoms with Gasteiger partial charge >= 0.3 is 5.91 Å². The van der Waals surface area contributed by atoms with E-state index in [0.717, 1.165) is 0 Å². The number of nitrogens with one attached hydrogen (secondary N) is 1. The summed E-state index contributed by atoms with van der Waals surface area (Å²) in [5.74, 6) is 0.299. The van der Waals surface area contributed by atoms with Crippen molar-refractivity contribution in [3.05, 3.63) is 18.4 Å². The van der Waals surface area contributed by atoms with Crippen molar-refractivity contribution in [1.29, 1.82) is 0 Å². The summed E-state index contributed by atoms with van der Waals surface area (Å²) in [6.45, 7) is 4.69. The fourth-order valence-electron chi connectivity index (χ4n) is 0.708. The topological polar surface area (TPSA) is 55.1 Å². The van der Waals surface area contributed by atoms with Gasteiger partial charge in [-0.3, -0.25) is 4.79 Å². The summed E-state index contributed by atoms with van der Waals surface area (Å²) < 4.78 is 4.80. The molecule has 1 aromatic heterocycles. The van der Waals surface area contributed by atoms with Crippen LogP contribution >= 0.6 is 0 Å². The van der Waals surface area contributed by atoms with E-state index in [1.54, 1.807) is 0 Å². The highest BCUT2D eigenvalue weighted by molar-refractivity contribution is 5.89. The second-order valence-corrected chi connectivity index (χ2v) is 2.94. The third-order valence-corrected chi connectivity index (χ3v) is 1.30. The van der Waals surface area contributed by atoms with Gasteiger partial charge in [-0.25, -0.2) is 4.98 Å². The van der Waals surface area contributed by atoms with Crippen LogP contribution in [-0.4, -0.2) is 17.4 Å². The van der Waals surface area contributed by atoms with Crippen LogP contribution in [0.1, 0.15) is 24.5 Å². The zero-order valence-electron chi connectivity index (χ0n) is 7.20. The fourth-order valence-corrected chi connectivity index (χ4v) is 0.708. The Kier molecular flexibility index (Phi) is 2.85. The van der Waals surface area contributed by atoms with Gasteiger partial charge in [0.15, 0.2) is 0 Å². The van der Waals surface area contributed by atoms with E-state index >= 15 is 0 Å². The molecule has 0 aliphatic carbocycles. The first-order chi connectivity index (χ1) is 5.70. The van der Waals surface area contributed by atoms with Crippen molar-refractivity contribution in [1.82, 2.24) is 10.3 Å². The van der Waals surface area contributed by atoms with Gasteiger partial charge in [0.2, 0.25) is 0 Å². The quantitative estimate of drug-likeness (QED) is 0.734. The summed E-state index contributed by atoms with van der Waals surface area (Å²) in [5.41, 5.74) is 0. The molecule has 4 nitrogen and oxygen atoms in total. The highest BCUT2D eigenvalue weighted by Crippen LogP contribution is 1.94. The first kappa shape index (κ1) is 8.77. The molecule has 1 aromatic rings. The molecule has 0 saturated carbocycles. The second-order valence-electron chi connectivity index (χ2n) is 2.94. The number of carbonyl (C=O) groups is 1. The van der Waals surface area contributed by atoms with Gasteiger partial charge in [-0.15, -0.1) is 0 Å². The number of rotatable bonds is 3. The Morgan fingerprint density at radius 1 is 1.75 bits per heavy atom. The van der Waals surface area contributed by atoms with Crippen LogP contribution in [0.3, 0.4) is 0 Å². The Labute approximate surface area is 71.0 Å². The summed E-state index contributed by atoms with van der Waals surface area (Å²) in [5, 5.41) is 2.69. The molecular weight excluding hydrogens is 156 g/mol. The molecule has 66 valence electrons. The van der Waals surface area contributed by atoms with Crippen molar-refractivity contribution in [2.24, 2.45) is 5.92 Å². The lowest BCUT2D eigenvalue weighted by Gasteiger charge is -2.04. The molecule has 0 spiro atoms. The van der Waals surface area contributed by atoms with E-state index in [4.69, 9.17) is 4.42 Å². The van der Waals surface area contributed by atoms with E-state index in [-0.39, 0.29) is 11.8 Å². The van der Waals surface area contributed by atoms with Gasteiger partial charge in [-0.1, -0.05) is 13.8 Å². The minimum absolute atomic E-state index is 0.121. The Balaban J connectivity index is 2.40. The van der Waals surface area contributed by atoms with Gasteiger partial charge in [-0.05, 0) is 5.92 Å². The molecule has 0 fully saturated rings. The molecule has 4 heteroatoms. The molecule has 1 N–H and O–H groups in total. The highest BCUT2D eigenvalue weighted by atomic mass is 16.3. The monoisotopic (exact) mass is 168 g/mol. The minimum atomic E-state index is -0.256. The molecule has 0 bridgehead atoms. The van der Waals surface area contributed by atoms with Crippen molar-refractivity contribution in [3.8, 4) is 0 Å². The Morgan fingerprint density at radius 3 is 3.00 bits per heavy atom. The van der Waals surface area contributed by atoms with E-state index in [0.29, 0.717) is 12.5 Å². The number of aromatic nitrogens is 1. The number of carbonyl (C=O) groups excluding carboxylic acids is 1. The van der Waals surface area contributed by atoms with E-state index in [1.165, 1.54) is 12.5 Å². The first-order valence-electron chi connectivity index (χ1n) is 3.88. The average Bonchev–Trinajstić information content (AvgIpc) is 2.51. The van der Waals surface area contributed by atoms with Crippen molar-refractivity contribution in [2.75, 3.05) is 6.54 Å². The van der Waals surface area contributed by atoms with Crippen LogP contribution in [0.4, 0.5) is 0 Å². The zero-order valence-corrected chi connectivity index (χ0v) is 7.20. The molecule has 0 aliphatic heterocycles. The van der Waals surface area contributed by atoms with Gasteiger partial charge in [0.1, 0.15) is 6.26 Å². The summed E-state index contributed by atoms with van der Waals surface area (Å²) in [6, 6.07) is 0. The molecule has 1 amide bonds. The average molecular weight is 168 g/mol. The van der Waals surface area contributed by atoms with Gasteiger partial charge in [0.05, 0.1) is 6.20 Å². The molecule has 0 aliphatic rings. The lowest BCUT2D eigenvalue weighted by atomic mass is 10.2. The van der Waals surface area contributed by atoms with Crippen LogP contribution in [0.25, 0.3) is 0 Å². The Hall–Kier alpha value is -1.32. The Bertz CT molecular complexity index is 242. The lowest BCUT2D eigenvalue weighted by Crippen LogP contribution is -2.27. The third-order valence-electron chi connectivity index (χ3n) is 1.30. The van der Waals surface area contributed by atoms with Crippen LogP contribution in [0.15, 0.2) is 16.9 Å². The smallest absolute Gasteiger partial charge is 0.307 e. The van der Waals surface area contributed by atoms with E-state index in [9.17, 15) is 4.79 Å². The van der Waals surface area contributed by atoms with E-state index in [1.807, 2.05) is 13.8 Å². The highest BCUT2D eigenvalue weighted by Gasteiger charge is 2.09. The molecule has 0 saturated heterocycles. The molecule has 1 heterocycles. The van der Waals surface area contributed by atoms with Gasteiger partial charge < -0.3 is 9.73 Å². The largest absolute Gasteiger partial charge is 0.441 e. The summed E-state index contributed by atoms with van der Waals surface area (Å²) in [6.07, 6.45) is 2.83.